The zero-order valence-corrected chi connectivity index (χ0v) is 10.4. The number of nitrogens with one attached hydrogen (secondary N) is 1. The van der Waals surface area contributed by atoms with Gasteiger partial charge in [0, 0.05) is 18.5 Å². The Labute approximate surface area is 101 Å². The summed E-state index contributed by atoms with van der Waals surface area (Å²) >= 11 is 0. The molecule has 0 aromatic heterocycles. The number of carbonyl (C=O) groups excluding carboxylic acids is 1. The van der Waals surface area contributed by atoms with Crippen LogP contribution in [0.1, 0.15) is 39.5 Å². The van der Waals surface area contributed by atoms with E-state index in [1.807, 2.05) is 13.8 Å². The van der Waals surface area contributed by atoms with Gasteiger partial charge in [0.15, 0.2) is 0 Å². The fourth-order valence-electron chi connectivity index (χ4n) is 1.12. The van der Waals surface area contributed by atoms with Gasteiger partial charge in [0.1, 0.15) is 0 Å². The number of nitrogens with two attached hydrogens (primary N) is 1. The molecule has 100 valence electrons. The molecule has 3 N–H and O–H groups in total. The lowest BCUT2D eigenvalue weighted by atomic mass is 10.1. The van der Waals surface area contributed by atoms with E-state index in [2.05, 4.69) is 10.2 Å². The van der Waals surface area contributed by atoms with Crippen molar-refractivity contribution in [2.75, 3.05) is 13.2 Å². The van der Waals surface area contributed by atoms with Gasteiger partial charge in [-0.1, -0.05) is 6.42 Å². The van der Waals surface area contributed by atoms with E-state index in [4.69, 9.17) is 5.73 Å². The Kier molecular flexibility index (Phi) is 7.20. The quantitative estimate of drug-likeness (QED) is 0.352. The number of rotatable bonds is 9. The summed E-state index contributed by atoms with van der Waals surface area (Å²) in [6, 6.07) is 0. The summed E-state index contributed by atoms with van der Waals surface area (Å²) < 4.78 is 0. The van der Waals surface area contributed by atoms with Crippen LogP contribution in [0.15, 0.2) is 0 Å². The monoisotopic (exact) mass is 247 g/mol. The van der Waals surface area contributed by atoms with Crippen LogP contribution in [0.2, 0.25) is 0 Å². The second-order valence-electron chi connectivity index (χ2n) is 4.63. The van der Waals surface area contributed by atoms with Gasteiger partial charge in [-0.15, -0.1) is 10.1 Å². The highest BCUT2D eigenvalue weighted by Crippen LogP contribution is 2.01. The number of hydrogen-bond acceptors (Lipinski definition) is 5. The maximum atomic E-state index is 11.3. The molecule has 7 heteroatoms. The van der Waals surface area contributed by atoms with Crippen LogP contribution in [0.4, 0.5) is 0 Å². The van der Waals surface area contributed by atoms with Gasteiger partial charge in [-0.3, -0.25) is 4.79 Å². The maximum absolute atomic E-state index is 11.3. The summed E-state index contributed by atoms with van der Waals surface area (Å²) in [5.74, 6) is -0.0429. The molecule has 1 amide bonds. The Morgan fingerprint density at radius 2 is 2.06 bits per heavy atom. The first-order valence-electron chi connectivity index (χ1n) is 5.64. The second kappa shape index (κ2) is 7.83. The van der Waals surface area contributed by atoms with Gasteiger partial charge in [-0.05, 0) is 26.7 Å². The van der Waals surface area contributed by atoms with Crippen molar-refractivity contribution in [3.8, 4) is 0 Å². The van der Waals surface area contributed by atoms with E-state index in [1.165, 1.54) is 0 Å². The highest BCUT2D eigenvalue weighted by atomic mass is 16.9. The summed E-state index contributed by atoms with van der Waals surface area (Å²) in [6.45, 7) is 4.20. The van der Waals surface area contributed by atoms with Crippen LogP contribution in [0.3, 0.4) is 0 Å². The molecule has 0 unspecified atom stereocenters. The molecule has 0 radical (unpaired) electrons. The predicted molar refractivity (Wildman–Crippen MR) is 62.7 cm³/mol. The highest BCUT2D eigenvalue weighted by molar-refractivity contribution is 5.75. The normalized spacial score (nSPS) is 11.0. The third-order valence-corrected chi connectivity index (χ3v) is 1.99. The third-order valence-electron chi connectivity index (χ3n) is 1.99. The van der Waals surface area contributed by atoms with Crippen LogP contribution >= 0.6 is 0 Å². The minimum Gasteiger partial charge on any atom is -0.354 e. The van der Waals surface area contributed by atoms with E-state index < -0.39 is 10.6 Å². The SMILES string of the molecule is CC(C)(N)CNC(=O)CCCCCO[N+](=O)[O-]. The van der Waals surface area contributed by atoms with Crippen LogP contribution in [0.5, 0.6) is 0 Å². The molecule has 0 aromatic carbocycles. The van der Waals surface area contributed by atoms with E-state index in [-0.39, 0.29) is 12.5 Å². The van der Waals surface area contributed by atoms with Crippen molar-refractivity contribution < 1.29 is 14.7 Å². The number of unbranched alkanes of at least 4 members (excludes halogenated alkanes) is 2. The molecule has 0 heterocycles. The first-order chi connectivity index (χ1) is 7.81. The molecular formula is C10H21N3O4. The third kappa shape index (κ3) is 12.6. The van der Waals surface area contributed by atoms with Crippen LogP contribution < -0.4 is 11.1 Å². The number of carbonyl (C=O) groups is 1. The molecule has 0 saturated heterocycles. The standard InChI is InChI=1S/C10H21N3O4/c1-10(2,11)8-12-9(14)6-4-3-5-7-17-13(15)16/h3-8,11H2,1-2H3,(H,12,14). The number of nitrogens with zero attached hydrogens (tertiary/aromatic N) is 1. The topological polar surface area (TPSA) is 107 Å². The maximum Gasteiger partial charge on any atom is 0.294 e. The van der Waals surface area contributed by atoms with Crippen molar-refractivity contribution in [2.24, 2.45) is 5.73 Å². The zero-order valence-electron chi connectivity index (χ0n) is 10.4. The summed E-state index contributed by atoms with van der Waals surface area (Å²) in [5.41, 5.74) is 5.30. The molecule has 0 aliphatic heterocycles. The molecule has 17 heavy (non-hydrogen) atoms. The van der Waals surface area contributed by atoms with E-state index in [9.17, 15) is 14.9 Å². The summed E-state index contributed by atoms with van der Waals surface area (Å²) in [7, 11) is 0. The molecule has 0 saturated carbocycles. The molecule has 0 bridgehead atoms. The average Bonchev–Trinajstić information content (AvgIpc) is 2.19. The van der Waals surface area contributed by atoms with Crippen LogP contribution in [-0.2, 0) is 9.63 Å². The van der Waals surface area contributed by atoms with Crippen molar-refractivity contribution in [3.63, 3.8) is 0 Å². The Bertz CT molecular complexity index is 250. The van der Waals surface area contributed by atoms with Gasteiger partial charge in [0.2, 0.25) is 5.91 Å². The zero-order chi connectivity index (χ0) is 13.3. The molecular weight excluding hydrogens is 226 g/mol. The molecule has 0 rings (SSSR count). The van der Waals surface area contributed by atoms with E-state index in [1.54, 1.807) is 0 Å². The lowest BCUT2D eigenvalue weighted by Crippen LogP contribution is -2.45. The molecule has 0 aromatic rings. The van der Waals surface area contributed by atoms with E-state index in [0.29, 0.717) is 25.8 Å². The van der Waals surface area contributed by atoms with Crippen molar-refractivity contribution >= 4 is 5.91 Å². The minimum atomic E-state index is -0.809. The lowest BCUT2D eigenvalue weighted by Gasteiger charge is -2.18. The molecule has 0 fully saturated rings. The highest BCUT2D eigenvalue weighted by Gasteiger charge is 2.11. The molecule has 7 nitrogen and oxygen atoms in total. The predicted octanol–water partition coefficient (Wildman–Crippen LogP) is 0.609. The summed E-state index contributed by atoms with van der Waals surface area (Å²) in [4.78, 5) is 25.3. The van der Waals surface area contributed by atoms with Crippen molar-refractivity contribution in [2.45, 2.75) is 45.1 Å². The first kappa shape index (κ1) is 15.6. The van der Waals surface area contributed by atoms with Crippen molar-refractivity contribution in [1.29, 1.82) is 0 Å². The molecule has 0 spiro atoms. The van der Waals surface area contributed by atoms with Gasteiger partial charge in [-0.2, -0.15) is 0 Å². The van der Waals surface area contributed by atoms with Gasteiger partial charge in [0.05, 0.1) is 6.61 Å². The van der Waals surface area contributed by atoms with Crippen molar-refractivity contribution in [3.05, 3.63) is 10.1 Å². The Morgan fingerprint density at radius 1 is 1.41 bits per heavy atom. The van der Waals surface area contributed by atoms with Gasteiger partial charge in [0.25, 0.3) is 5.09 Å². The fraction of sp³-hybridized carbons (Fsp3) is 0.900. The summed E-state index contributed by atoms with van der Waals surface area (Å²) in [5, 5.41) is 11.7. The number of hydrogen-bond donors (Lipinski definition) is 2. The molecule has 0 atom stereocenters. The second-order valence-corrected chi connectivity index (χ2v) is 4.63. The van der Waals surface area contributed by atoms with Gasteiger partial charge >= 0.3 is 0 Å². The number of amides is 1. The Hall–Kier alpha value is -1.37. The van der Waals surface area contributed by atoms with E-state index in [0.717, 1.165) is 6.42 Å². The molecule has 0 aliphatic carbocycles. The molecule has 0 aliphatic rings. The van der Waals surface area contributed by atoms with Crippen LogP contribution in [0.25, 0.3) is 0 Å². The summed E-state index contributed by atoms with van der Waals surface area (Å²) in [6.07, 6.45) is 2.41. The average molecular weight is 247 g/mol. The first-order valence-corrected chi connectivity index (χ1v) is 5.64. The van der Waals surface area contributed by atoms with Gasteiger partial charge < -0.3 is 15.9 Å². The van der Waals surface area contributed by atoms with E-state index >= 15 is 0 Å². The Balaban J connectivity index is 3.37. The lowest BCUT2D eigenvalue weighted by molar-refractivity contribution is -0.757. The smallest absolute Gasteiger partial charge is 0.294 e. The fourth-order valence-corrected chi connectivity index (χ4v) is 1.12. The van der Waals surface area contributed by atoms with Crippen LogP contribution in [-0.4, -0.2) is 29.7 Å². The van der Waals surface area contributed by atoms with Gasteiger partial charge in [-0.25, -0.2) is 0 Å². The minimum absolute atomic E-state index is 0.0429. The largest absolute Gasteiger partial charge is 0.354 e. The van der Waals surface area contributed by atoms with Crippen LogP contribution in [0, 0.1) is 10.1 Å². The van der Waals surface area contributed by atoms with Crippen molar-refractivity contribution in [1.82, 2.24) is 5.32 Å². The Morgan fingerprint density at radius 3 is 2.59 bits per heavy atom.